The summed E-state index contributed by atoms with van der Waals surface area (Å²) in [6.45, 7) is 14.7. The van der Waals surface area contributed by atoms with E-state index in [-0.39, 0.29) is 0 Å². The molecule has 0 atom stereocenters. The number of nitrogens with two attached hydrogens (primary N) is 1. The van der Waals surface area contributed by atoms with Crippen LogP contribution in [0.2, 0.25) is 0 Å². The highest BCUT2D eigenvalue weighted by molar-refractivity contribution is 5.84. The first kappa shape index (κ1) is 27.5. The normalized spacial score (nSPS) is 12.2. The highest BCUT2D eigenvalue weighted by atomic mass is 14.7. The van der Waals surface area contributed by atoms with Crippen LogP contribution in [0.25, 0.3) is 5.57 Å². The molecule has 1 aliphatic heterocycles. The third-order valence-electron chi connectivity index (χ3n) is 5.69. The second kappa shape index (κ2) is 14.5. The number of rotatable bonds is 3. The minimum absolute atomic E-state index is 0.840. The van der Waals surface area contributed by atoms with E-state index >= 15 is 0 Å². The number of nitrogens with zero attached hydrogens (tertiary/aromatic N) is 2. The van der Waals surface area contributed by atoms with Gasteiger partial charge in [0, 0.05) is 11.9 Å². The molecule has 0 unspecified atom stereocenters. The molecule has 0 spiro atoms. The zero-order chi connectivity index (χ0) is 25.6. The van der Waals surface area contributed by atoms with Crippen molar-refractivity contribution < 1.29 is 0 Å². The lowest BCUT2D eigenvalue weighted by atomic mass is 10.0. The van der Waals surface area contributed by atoms with Crippen molar-refractivity contribution in [3.63, 3.8) is 0 Å². The van der Waals surface area contributed by atoms with E-state index in [2.05, 4.69) is 98.2 Å². The van der Waals surface area contributed by atoms with Gasteiger partial charge >= 0.3 is 0 Å². The molecule has 5 rings (SSSR count). The van der Waals surface area contributed by atoms with Crippen molar-refractivity contribution in [2.75, 3.05) is 5.73 Å². The van der Waals surface area contributed by atoms with E-state index in [1.807, 2.05) is 38.3 Å². The van der Waals surface area contributed by atoms with E-state index in [0.29, 0.717) is 0 Å². The lowest BCUT2D eigenvalue weighted by Crippen LogP contribution is -1.84. The Morgan fingerprint density at radius 2 is 1.71 bits per heavy atom. The molecule has 3 aromatic rings. The number of benzene rings is 3. The average molecular weight is 466 g/mol. The molecule has 1 heterocycles. The van der Waals surface area contributed by atoms with Crippen LogP contribution in [0.15, 0.2) is 88.9 Å². The number of aryl methyl sites for hydroxylation is 3. The Balaban J connectivity index is 0.000000184. The molecular weight excluding hydrogens is 426 g/mol. The van der Waals surface area contributed by atoms with Crippen LogP contribution in [0, 0.1) is 13.8 Å². The molecule has 3 heteroatoms. The summed E-state index contributed by atoms with van der Waals surface area (Å²) in [5, 5.41) is 0. The third kappa shape index (κ3) is 8.53. The quantitative estimate of drug-likeness (QED) is 0.306. The number of allylic oxidation sites excluding steroid dienone is 4. The lowest BCUT2D eigenvalue weighted by Gasteiger charge is -2.05. The maximum absolute atomic E-state index is 5.48. The van der Waals surface area contributed by atoms with Crippen molar-refractivity contribution in [3.8, 4) is 0 Å². The summed E-state index contributed by atoms with van der Waals surface area (Å²) in [6.07, 6.45) is 10.5. The van der Waals surface area contributed by atoms with E-state index in [0.717, 1.165) is 30.8 Å². The molecule has 35 heavy (non-hydrogen) atoms. The van der Waals surface area contributed by atoms with E-state index < -0.39 is 0 Å². The van der Waals surface area contributed by atoms with Gasteiger partial charge in [-0.15, -0.1) is 0 Å². The zero-order valence-electron chi connectivity index (χ0n) is 21.9. The van der Waals surface area contributed by atoms with Crippen LogP contribution in [-0.4, -0.2) is 12.9 Å². The smallest absolute Gasteiger partial charge is 0.0651 e. The minimum atomic E-state index is 0.840. The maximum atomic E-state index is 5.48. The van der Waals surface area contributed by atoms with Gasteiger partial charge in [0.2, 0.25) is 0 Å². The van der Waals surface area contributed by atoms with E-state index in [1.165, 1.54) is 39.0 Å². The summed E-state index contributed by atoms with van der Waals surface area (Å²) >= 11 is 0. The van der Waals surface area contributed by atoms with Crippen molar-refractivity contribution in [3.05, 3.63) is 112 Å². The van der Waals surface area contributed by atoms with Gasteiger partial charge in [-0.05, 0) is 91.1 Å². The summed E-state index contributed by atoms with van der Waals surface area (Å²) in [5.41, 5.74) is 16.5. The number of hydrogen-bond donors (Lipinski definition) is 1. The molecule has 0 amide bonds. The molecule has 0 aromatic heterocycles. The largest absolute Gasteiger partial charge is 0.399 e. The van der Waals surface area contributed by atoms with Gasteiger partial charge in [-0.2, -0.15) is 0 Å². The highest BCUT2D eigenvalue weighted by Gasteiger charge is 2.05. The fourth-order valence-corrected chi connectivity index (χ4v) is 3.69. The Kier molecular flexibility index (Phi) is 11.4. The number of nitrogen functional groups attached to an aromatic ring is 1. The Morgan fingerprint density at radius 1 is 0.971 bits per heavy atom. The molecule has 3 aromatic carbocycles. The van der Waals surface area contributed by atoms with Crippen LogP contribution < -0.4 is 5.73 Å². The Bertz CT molecular complexity index is 1180. The Morgan fingerprint density at radius 3 is 2.31 bits per heavy atom. The third-order valence-corrected chi connectivity index (χ3v) is 5.69. The van der Waals surface area contributed by atoms with Crippen molar-refractivity contribution in [2.45, 2.75) is 54.0 Å². The molecule has 0 saturated heterocycles. The SMILES string of the molecule is C=Nc1ccc(C2=CC=CC2)cc1C.CC.CCc1ccc(N)cc1.Cc1ccc2c(c1)CN=C2. The van der Waals surface area contributed by atoms with Gasteiger partial charge in [-0.1, -0.05) is 81.0 Å². The summed E-state index contributed by atoms with van der Waals surface area (Å²) in [6, 6.07) is 20.7. The molecule has 2 N–H and O–H groups in total. The van der Waals surface area contributed by atoms with Crippen LogP contribution in [0.1, 0.15) is 60.6 Å². The fourth-order valence-electron chi connectivity index (χ4n) is 3.69. The topological polar surface area (TPSA) is 50.7 Å². The number of hydrogen-bond acceptors (Lipinski definition) is 3. The highest BCUT2D eigenvalue weighted by Crippen LogP contribution is 2.27. The Labute approximate surface area is 211 Å². The maximum Gasteiger partial charge on any atom is 0.0651 e. The van der Waals surface area contributed by atoms with Gasteiger partial charge in [0.15, 0.2) is 0 Å². The van der Waals surface area contributed by atoms with Gasteiger partial charge < -0.3 is 5.73 Å². The van der Waals surface area contributed by atoms with Crippen LogP contribution in [-0.2, 0) is 13.0 Å². The van der Waals surface area contributed by atoms with Crippen molar-refractivity contribution >= 4 is 29.9 Å². The molecular formula is C32H39N3. The number of fused-ring (bicyclic) bond motifs is 1. The molecule has 0 saturated carbocycles. The van der Waals surface area contributed by atoms with E-state index in [4.69, 9.17) is 5.73 Å². The summed E-state index contributed by atoms with van der Waals surface area (Å²) in [5.74, 6) is 0. The van der Waals surface area contributed by atoms with Crippen LogP contribution in [0.3, 0.4) is 0 Å². The van der Waals surface area contributed by atoms with Crippen LogP contribution in [0.5, 0.6) is 0 Å². The van der Waals surface area contributed by atoms with Gasteiger partial charge in [0.05, 0.1) is 12.2 Å². The summed E-state index contributed by atoms with van der Waals surface area (Å²) in [7, 11) is 0. The minimum Gasteiger partial charge on any atom is -0.399 e. The van der Waals surface area contributed by atoms with E-state index in [1.54, 1.807) is 0 Å². The molecule has 182 valence electrons. The monoisotopic (exact) mass is 465 g/mol. The van der Waals surface area contributed by atoms with Gasteiger partial charge in [0.25, 0.3) is 0 Å². The van der Waals surface area contributed by atoms with Crippen LogP contribution >= 0.6 is 0 Å². The van der Waals surface area contributed by atoms with Crippen LogP contribution in [0.4, 0.5) is 11.4 Å². The molecule has 1 aliphatic carbocycles. The first-order chi connectivity index (χ1) is 17.0. The average Bonchev–Trinajstić information content (AvgIpc) is 3.59. The standard InChI is InChI=1S/C13H13N.C9H9N.C8H11N.C2H6/c1-10-9-12(7-8-13(10)14-2)11-5-3-4-6-11;1-7-2-3-8-5-10-6-9(8)4-7;1-2-7-3-5-8(9)6-4-7;1-2/h3-5,7-9H,2,6H2,1H3;2-5H,6H2,1H3;3-6H,2,9H2,1H3;1-2H3. The molecule has 0 bridgehead atoms. The molecule has 3 nitrogen and oxygen atoms in total. The van der Waals surface area contributed by atoms with Crippen molar-refractivity contribution in [2.24, 2.45) is 9.98 Å². The second-order valence-corrected chi connectivity index (χ2v) is 8.25. The summed E-state index contributed by atoms with van der Waals surface area (Å²) < 4.78 is 0. The molecule has 2 aliphatic rings. The predicted molar refractivity (Wildman–Crippen MR) is 156 cm³/mol. The Hall–Kier alpha value is -3.72. The fraction of sp³-hybridized carbons (Fsp3) is 0.250. The zero-order valence-corrected chi connectivity index (χ0v) is 21.9. The number of aliphatic imine (C=N–C) groups is 2. The lowest BCUT2D eigenvalue weighted by molar-refractivity contribution is 1.11. The second-order valence-electron chi connectivity index (χ2n) is 8.25. The predicted octanol–water partition coefficient (Wildman–Crippen LogP) is 8.46. The van der Waals surface area contributed by atoms with Crippen molar-refractivity contribution in [1.29, 1.82) is 0 Å². The van der Waals surface area contributed by atoms with Gasteiger partial charge in [0.1, 0.15) is 0 Å². The first-order valence-corrected chi connectivity index (χ1v) is 12.4. The first-order valence-electron chi connectivity index (χ1n) is 12.4. The molecule has 0 radical (unpaired) electrons. The molecule has 0 fully saturated rings. The van der Waals surface area contributed by atoms with Gasteiger partial charge in [-0.25, -0.2) is 0 Å². The van der Waals surface area contributed by atoms with Crippen molar-refractivity contribution in [1.82, 2.24) is 0 Å². The van der Waals surface area contributed by atoms with E-state index in [9.17, 15) is 0 Å². The van der Waals surface area contributed by atoms with Gasteiger partial charge in [-0.3, -0.25) is 9.98 Å². The number of anilines is 1. The summed E-state index contributed by atoms with van der Waals surface area (Å²) in [4.78, 5) is 8.12.